The maximum absolute atomic E-state index is 12.2. The van der Waals surface area contributed by atoms with Crippen LogP contribution >= 0.6 is 27.5 Å². The van der Waals surface area contributed by atoms with E-state index in [0.29, 0.717) is 9.50 Å². The molecule has 0 unspecified atom stereocenters. The number of rotatable bonds is 5. The Hall–Kier alpha value is -0.100. The van der Waals surface area contributed by atoms with Crippen LogP contribution in [0.2, 0.25) is 5.02 Å². The van der Waals surface area contributed by atoms with Crippen LogP contribution in [-0.4, -0.2) is 14.0 Å². The maximum atomic E-state index is 12.2. The van der Waals surface area contributed by atoms with Gasteiger partial charge < -0.3 is 0 Å². The first-order chi connectivity index (χ1) is 8.18. The van der Waals surface area contributed by atoms with Crippen LogP contribution in [0.15, 0.2) is 27.6 Å². The average Bonchev–Trinajstić information content (AvgIpc) is 2.20. The van der Waals surface area contributed by atoms with E-state index in [0.717, 1.165) is 12.8 Å². The molecule has 0 saturated heterocycles. The SMILES string of the molecule is CCCC(C)(C)NS(=O)(=O)c1ccc(Cl)c(Br)c1. The van der Waals surface area contributed by atoms with Gasteiger partial charge in [-0.25, -0.2) is 13.1 Å². The van der Waals surface area contributed by atoms with Crippen LogP contribution in [0.5, 0.6) is 0 Å². The number of halogens is 2. The fourth-order valence-corrected chi connectivity index (χ4v) is 3.86. The van der Waals surface area contributed by atoms with Gasteiger partial charge in [0.05, 0.1) is 9.92 Å². The summed E-state index contributed by atoms with van der Waals surface area (Å²) in [6.45, 7) is 5.77. The minimum atomic E-state index is -3.52. The Morgan fingerprint density at radius 1 is 1.39 bits per heavy atom. The Morgan fingerprint density at radius 2 is 2.00 bits per heavy atom. The van der Waals surface area contributed by atoms with Gasteiger partial charge in [-0.05, 0) is 54.4 Å². The van der Waals surface area contributed by atoms with E-state index in [9.17, 15) is 8.42 Å². The van der Waals surface area contributed by atoms with Gasteiger partial charge in [-0.3, -0.25) is 0 Å². The zero-order valence-corrected chi connectivity index (χ0v) is 13.8. The summed E-state index contributed by atoms with van der Waals surface area (Å²) in [5.41, 5.74) is -0.459. The molecular weight excluding hydrogens is 338 g/mol. The summed E-state index contributed by atoms with van der Waals surface area (Å²) in [5.74, 6) is 0. The van der Waals surface area contributed by atoms with Crippen molar-refractivity contribution in [1.82, 2.24) is 4.72 Å². The second-order valence-corrected chi connectivity index (χ2v) is 7.76. The number of nitrogens with one attached hydrogen (secondary N) is 1. The van der Waals surface area contributed by atoms with Crippen molar-refractivity contribution in [3.8, 4) is 0 Å². The summed E-state index contributed by atoms with van der Waals surface area (Å²) in [4.78, 5) is 0.211. The maximum Gasteiger partial charge on any atom is 0.241 e. The Kier molecular flexibility index (Phi) is 5.23. The third-order valence-electron chi connectivity index (χ3n) is 2.49. The minimum absolute atomic E-state index is 0.211. The van der Waals surface area contributed by atoms with Crippen molar-refractivity contribution in [2.75, 3.05) is 0 Å². The van der Waals surface area contributed by atoms with Crippen molar-refractivity contribution in [1.29, 1.82) is 0 Å². The molecule has 1 rings (SSSR count). The molecule has 0 atom stereocenters. The lowest BCUT2D eigenvalue weighted by atomic mass is 10.0. The fraction of sp³-hybridized carbons (Fsp3) is 0.500. The van der Waals surface area contributed by atoms with E-state index in [1.807, 2.05) is 20.8 Å². The van der Waals surface area contributed by atoms with Crippen LogP contribution in [0.4, 0.5) is 0 Å². The van der Waals surface area contributed by atoms with Gasteiger partial charge in [0.1, 0.15) is 0 Å². The van der Waals surface area contributed by atoms with Crippen LogP contribution in [0.25, 0.3) is 0 Å². The average molecular weight is 355 g/mol. The highest BCUT2D eigenvalue weighted by Gasteiger charge is 2.25. The standard InChI is InChI=1S/C12H17BrClNO2S/c1-4-7-12(2,3)15-18(16,17)9-5-6-11(14)10(13)8-9/h5-6,8,15H,4,7H2,1-3H3. The predicted octanol–water partition coefficient (Wildman–Crippen LogP) is 3.96. The smallest absolute Gasteiger partial charge is 0.207 e. The van der Waals surface area contributed by atoms with Crippen molar-refractivity contribution in [3.05, 3.63) is 27.7 Å². The van der Waals surface area contributed by atoms with E-state index < -0.39 is 15.6 Å². The Morgan fingerprint density at radius 3 is 2.50 bits per heavy atom. The van der Waals surface area contributed by atoms with E-state index in [-0.39, 0.29) is 4.90 Å². The van der Waals surface area contributed by atoms with Gasteiger partial charge >= 0.3 is 0 Å². The third kappa shape index (κ3) is 4.23. The summed E-state index contributed by atoms with van der Waals surface area (Å²) in [6, 6.07) is 4.57. The molecule has 6 heteroatoms. The molecule has 1 aromatic carbocycles. The molecular formula is C12H17BrClNO2S. The van der Waals surface area contributed by atoms with Crippen LogP contribution < -0.4 is 4.72 Å². The summed E-state index contributed by atoms with van der Waals surface area (Å²) >= 11 is 9.08. The van der Waals surface area contributed by atoms with E-state index in [4.69, 9.17) is 11.6 Å². The third-order valence-corrected chi connectivity index (χ3v) is 5.40. The van der Waals surface area contributed by atoms with E-state index in [2.05, 4.69) is 20.7 Å². The van der Waals surface area contributed by atoms with E-state index >= 15 is 0 Å². The summed E-state index contributed by atoms with van der Waals surface area (Å²) in [7, 11) is -3.52. The minimum Gasteiger partial charge on any atom is -0.207 e. The lowest BCUT2D eigenvalue weighted by molar-refractivity contribution is 0.418. The zero-order chi connectivity index (χ0) is 14.0. The summed E-state index contributed by atoms with van der Waals surface area (Å²) in [6.07, 6.45) is 1.70. The van der Waals surface area contributed by atoms with Gasteiger partial charge in [0.2, 0.25) is 10.0 Å². The topological polar surface area (TPSA) is 46.2 Å². The molecule has 0 radical (unpaired) electrons. The molecule has 18 heavy (non-hydrogen) atoms. The van der Waals surface area contributed by atoms with Gasteiger partial charge in [-0.2, -0.15) is 0 Å². The quantitative estimate of drug-likeness (QED) is 0.870. The van der Waals surface area contributed by atoms with Crippen molar-refractivity contribution in [2.24, 2.45) is 0 Å². The molecule has 1 N–H and O–H groups in total. The lowest BCUT2D eigenvalue weighted by Gasteiger charge is -2.25. The summed E-state index contributed by atoms with van der Waals surface area (Å²) < 4.78 is 27.7. The highest BCUT2D eigenvalue weighted by Crippen LogP contribution is 2.26. The van der Waals surface area contributed by atoms with Gasteiger partial charge in [0, 0.05) is 10.0 Å². The van der Waals surface area contributed by atoms with Crippen molar-refractivity contribution in [2.45, 2.75) is 44.0 Å². The monoisotopic (exact) mass is 353 g/mol. The van der Waals surface area contributed by atoms with Crippen molar-refractivity contribution in [3.63, 3.8) is 0 Å². The highest BCUT2D eigenvalue weighted by molar-refractivity contribution is 9.10. The predicted molar refractivity (Wildman–Crippen MR) is 78.5 cm³/mol. The first kappa shape index (κ1) is 16.0. The van der Waals surface area contributed by atoms with Gasteiger partial charge in [0.15, 0.2) is 0 Å². The Bertz CT molecular complexity index is 529. The second-order valence-electron chi connectivity index (χ2n) is 4.82. The molecule has 0 aliphatic heterocycles. The number of sulfonamides is 1. The number of benzene rings is 1. The molecule has 3 nitrogen and oxygen atoms in total. The zero-order valence-electron chi connectivity index (χ0n) is 10.6. The van der Waals surface area contributed by atoms with E-state index in [1.54, 1.807) is 6.07 Å². The highest BCUT2D eigenvalue weighted by atomic mass is 79.9. The molecule has 0 bridgehead atoms. The normalized spacial score (nSPS) is 12.7. The molecule has 0 aromatic heterocycles. The van der Waals surface area contributed by atoms with Crippen LogP contribution in [0.3, 0.4) is 0 Å². The lowest BCUT2D eigenvalue weighted by Crippen LogP contribution is -2.43. The molecule has 0 amide bonds. The first-order valence-corrected chi connectivity index (χ1v) is 8.32. The van der Waals surface area contributed by atoms with Crippen molar-refractivity contribution >= 4 is 37.6 Å². The fourth-order valence-electron chi connectivity index (χ4n) is 1.74. The van der Waals surface area contributed by atoms with E-state index in [1.165, 1.54) is 12.1 Å². The van der Waals surface area contributed by atoms with Gasteiger partial charge in [-0.1, -0.05) is 24.9 Å². The largest absolute Gasteiger partial charge is 0.241 e. The molecule has 0 saturated carbocycles. The molecule has 0 fully saturated rings. The molecule has 1 aromatic rings. The van der Waals surface area contributed by atoms with Gasteiger partial charge in [-0.15, -0.1) is 0 Å². The molecule has 102 valence electrons. The molecule has 0 heterocycles. The van der Waals surface area contributed by atoms with Gasteiger partial charge in [0.25, 0.3) is 0 Å². The molecule has 0 aliphatic rings. The van der Waals surface area contributed by atoms with Crippen LogP contribution in [0.1, 0.15) is 33.6 Å². The number of hydrogen-bond donors (Lipinski definition) is 1. The molecule has 0 spiro atoms. The van der Waals surface area contributed by atoms with Crippen molar-refractivity contribution < 1.29 is 8.42 Å². The van der Waals surface area contributed by atoms with Crippen LogP contribution in [-0.2, 0) is 10.0 Å². The first-order valence-electron chi connectivity index (χ1n) is 5.67. The van der Waals surface area contributed by atoms with Crippen LogP contribution in [0, 0.1) is 0 Å². The summed E-state index contributed by atoms with van der Waals surface area (Å²) in [5, 5.41) is 0.488. The second kappa shape index (κ2) is 5.90. The Balaban J connectivity index is 3.03. The molecule has 0 aliphatic carbocycles. The Labute approximate surface area is 122 Å². The number of hydrogen-bond acceptors (Lipinski definition) is 2.